The van der Waals surface area contributed by atoms with E-state index in [-0.39, 0.29) is 17.9 Å². The minimum Gasteiger partial charge on any atom is -0.347 e. The topological polar surface area (TPSA) is 45.2 Å². The molecule has 156 valence electrons. The number of nitrogens with one attached hydrogen (secondary N) is 1. The normalized spacial score (nSPS) is 19.0. The van der Waals surface area contributed by atoms with Crippen LogP contribution in [-0.2, 0) is 11.3 Å². The third-order valence-corrected chi connectivity index (χ3v) is 5.38. The summed E-state index contributed by atoms with van der Waals surface area (Å²) in [6, 6.07) is 9.61. The predicted molar refractivity (Wildman–Crippen MR) is 109 cm³/mol. The molecule has 3 rings (SSSR count). The predicted octanol–water partition coefficient (Wildman–Crippen LogP) is 4.48. The minimum atomic E-state index is -0.828. The Kier molecular flexibility index (Phi) is 6.63. The summed E-state index contributed by atoms with van der Waals surface area (Å²) in [5.74, 6) is -1.47. The quantitative estimate of drug-likeness (QED) is 0.804. The second-order valence-corrected chi connectivity index (χ2v) is 8.84. The lowest BCUT2D eigenvalue weighted by Crippen LogP contribution is -2.45. The number of piperidine rings is 1. The first-order valence-electron chi connectivity index (χ1n) is 10.1. The van der Waals surface area contributed by atoms with Gasteiger partial charge in [-0.2, -0.15) is 0 Å². The molecule has 0 saturated carbocycles. The van der Waals surface area contributed by atoms with Gasteiger partial charge in [0.25, 0.3) is 0 Å². The molecule has 1 aromatic heterocycles. The molecular formula is C23H29F2N3O. The van der Waals surface area contributed by atoms with Gasteiger partial charge >= 0.3 is 0 Å². The standard InChI is InChI=1S/C23H29F2N3O/c1-23(2,3)22(29)27-21(20-8-4-5-11-26-20)17-7-6-12-28(15-17)14-16-9-10-18(24)19(25)13-16/h4-5,8-11,13,17,21H,6-7,12,14-15H2,1-3H3,(H,27,29)/t17-,21-/m1/s1. The Morgan fingerprint density at radius 1 is 1.24 bits per heavy atom. The van der Waals surface area contributed by atoms with Gasteiger partial charge in [-0.25, -0.2) is 8.78 Å². The lowest BCUT2D eigenvalue weighted by molar-refractivity contribution is -0.130. The smallest absolute Gasteiger partial charge is 0.225 e. The van der Waals surface area contributed by atoms with Crippen LogP contribution in [0.2, 0.25) is 0 Å². The molecule has 1 saturated heterocycles. The van der Waals surface area contributed by atoms with E-state index in [0.717, 1.165) is 37.2 Å². The van der Waals surface area contributed by atoms with Gasteiger partial charge in [-0.05, 0) is 55.1 Å². The number of halogens is 2. The van der Waals surface area contributed by atoms with Crippen molar-refractivity contribution < 1.29 is 13.6 Å². The number of carbonyl (C=O) groups is 1. The largest absolute Gasteiger partial charge is 0.347 e. The highest BCUT2D eigenvalue weighted by Gasteiger charge is 2.33. The van der Waals surface area contributed by atoms with Gasteiger partial charge < -0.3 is 5.32 Å². The van der Waals surface area contributed by atoms with Crippen LogP contribution < -0.4 is 5.32 Å². The third kappa shape index (κ3) is 5.60. The maximum Gasteiger partial charge on any atom is 0.225 e. The second kappa shape index (κ2) is 8.99. The molecule has 1 aliphatic heterocycles. The Morgan fingerprint density at radius 2 is 2.03 bits per heavy atom. The maximum absolute atomic E-state index is 13.6. The summed E-state index contributed by atoms with van der Waals surface area (Å²) in [5, 5.41) is 3.21. The van der Waals surface area contributed by atoms with Crippen LogP contribution in [0.5, 0.6) is 0 Å². The van der Waals surface area contributed by atoms with Crippen molar-refractivity contribution in [1.82, 2.24) is 15.2 Å². The van der Waals surface area contributed by atoms with Crippen molar-refractivity contribution in [3.63, 3.8) is 0 Å². The number of likely N-dealkylation sites (tertiary alicyclic amines) is 1. The van der Waals surface area contributed by atoms with Crippen molar-refractivity contribution in [3.05, 3.63) is 65.5 Å². The zero-order chi connectivity index (χ0) is 21.0. The van der Waals surface area contributed by atoms with Crippen molar-refractivity contribution in [3.8, 4) is 0 Å². The van der Waals surface area contributed by atoms with E-state index < -0.39 is 17.0 Å². The summed E-state index contributed by atoms with van der Waals surface area (Å²) in [6.07, 6.45) is 3.69. The fraction of sp³-hybridized carbons (Fsp3) is 0.478. The number of rotatable bonds is 5. The molecule has 4 nitrogen and oxygen atoms in total. The molecule has 1 aromatic carbocycles. The first-order chi connectivity index (χ1) is 13.7. The number of aromatic nitrogens is 1. The van der Waals surface area contributed by atoms with Crippen LogP contribution in [0.1, 0.15) is 50.9 Å². The molecule has 1 fully saturated rings. The van der Waals surface area contributed by atoms with Crippen LogP contribution in [0.25, 0.3) is 0 Å². The van der Waals surface area contributed by atoms with Crippen molar-refractivity contribution in [2.75, 3.05) is 13.1 Å². The molecule has 2 heterocycles. The van der Waals surface area contributed by atoms with Crippen LogP contribution >= 0.6 is 0 Å². The number of hydrogen-bond donors (Lipinski definition) is 1. The zero-order valence-corrected chi connectivity index (χ0v) is 17.3. The van der Waals surface area contributed by atoms with Gasteiger partial charge in [-0.1, -0.05) is 32.9 Å². The minimum absolute atomic E-state index is 0.00844. The van der Waals surface area contributed by atoms with E-state index >= 15 is 0 Å². The SMILES string of the molecule is CC(C)(C)C(=O)N[C@@H](c1ccccn1)[C@@H]1CCCN(Cc2ccc(F)c(F)c2)C1. The molecule has 29 heavy (non-hydrogen) atoms. The molecule has 6 heteroatoms. The highest BCUT2D eigenvalue weighted by Crippen LogP contribution is 2.31. The molecule has 0 spiro atoms. The first kappa shape index (κ1) is 21.4. The number of amides is 1. The lowest BCUT2D eigenvalue weighted by Gasteiger charge is -2.38. The fourth-order valence-electron chi connectivity index (χ4n) is 3.75. The van der Waals surface area contributed by atoms with Gasteiger partial charge in [0.1, 0.15) is 0 Å². The molecule has 0 bridgehead atoms. The molecule has 0 aliphatic carbocycles. The van der Waals surface area contributed by atoms with Crippen LogP contribution in [0.15, 0.2) is 42.6 Å². The summed E-state index contributed by atoms with van der Waals surface area (Å²) in [6.45, 7) is 7.88. The molecular weight excluding hydrogens is 372 g/mol. The fourth-order valence-corrected chi connectivity index (χ4v) is 3.75. The molecule has 0 radical (unpaired) electrons. The van der Waals surface area contributed by atoms with E-state index in [4.69, 9.17) is 0 Å². The number of nitrogens with zero attached hydrogens (tertiary/aromatic N) is 2. The summed E-state index contributed by atoms with van der Waals surface area (Å²) in [7, 11) is 0. The second-order valence-electron chi connectivity index (χ2n) is 8.84. The number of carbonyl (C=O) groups excluding carboxylic acids is 1. The van der Waals surface area contributed by atoms with E-state index in [9.17, 15) is 13.6 Å². The highest BCUT2D eigenvalue weighted by molar-refractivity contribution is 5.81. The average Bonchev–Trinajstić information content (AvgIpc) is 2.69. The van der Waals surface area contributed by atoms with Crippen molar-refractivity contribution in [2.24, 2.45) is 11.3 Å². The zero-order valence-electron chi connectivity index (χ0n) is 17.3. The Labute approximate surface area is 171 Å². The van der Waals surface area contributed by atoms with Crippen LogP contribution in [-0.4, -0.2) is 28.9 Å². The van der Waals surface area contributed by atoms with Crippen molar-refractivity contribution in [2.45, 2.75) is 46.2 Å². The number of hydrogen-bond acceptors (Lipinski definition) is 3. The molecule has 0 unspecified atom stereocenters. The summed E-state index contributed by atoms with van der Waals surface area (Å²) < 4.78 is 26.8. The van der Waals surface area contributed by atoms with E-state index in [1.54, 1.807) is 12.3 Å². The molecule has 1 N–H and O–H groups in total. The lowest BCUT2D eigenvalue weighted by atomic mass is 9.86. The Balaban J connectivity index is 1.76. The number of pyridine rings is 1. The van der Waals surface area contributed by atoms with Crippen LogP contribution in [0.4, 0.5) is 8.78 Å². The Bertz CT molecular complexity index is 836. The van der Waals surface area contributed by atoms with Gasteiger partial charge in [0.2, 0.25) is 5.91 Å². The van der Waals surface area contributed by atoms with Crippen molar-refractivity contribution in [1.29, 1.82) is 0 Å². The van der Waals surface area contributed by atoms with Gasteiger partial charge in [-0.15, -0.1) is 0 Å². The summed E-state index contributed by atoms with van der Waals surface area (Å²) >= 11 is 0. The van der Waals surface area contributed by atoms with E-state index in [1.807, 2.05) is 39.0 Å². The first-order valence-corrected chi connectivity index (χ1v) is 10.1. The van der Waals surface area contributed by atoms with Gasteiger partial charge in [0, 0.05) is 24.7 Å². The molecule has 2 atom stereocenters. The Hall–Kier alpha value is -2.34. The highest BCUT2D eigenvalue weighted by atomic mass is 19.2. The summed E-state index contributed by atoms with van der Waals surface area (Å²) in [4.78, 5) is 19.4. The van der Waals surface area contributed by atoms with Crippen molar-refractivity contribution >= 4 is 5.91 Å². The maximum atomic E-state index is 13.6. The molecule has 2 aromatic rings. The number of benzene rings is 1. The summed E-state index contributed by atoms with van der Waals surface area (Å²) in [5.41, 5.74) is 1.11. The third-order valence-electron chi connectivity index (χ3n) is 5.38. The van der Waals surface area contributed by atoms with E-state index in [0.29, 0.717) is 6.54 Å². The van der Waals surface area contributed by atoms with Gasteiger partial charge in [-0.3, -0.25) is 14.7 Å². The monoisotopic (exact) mass is 401 g/mol. The van der Waals surface area contributed by atoms with Crippen LogP contribution in [0.3, 0.4) is 0 Å². The van der Waals surface area contributed by atoms with Gasteiger partial charge in [0.05, 0.1) is 11.7 Å². The van der Waals surface area contributed by atoms with Crippen LogP contribution in [0, 0.1) is 23.0 Å². The van der Waals surface area contributed by atoms with E-state index in [1.165, 1.54) is 12.1 Å². The average molecular weight is 402 g/mol. The molecule has 1 amide bonds. The van der Waals surface area contributed by atoms with E-state index in [2.05, 4.69) is 15.2 Å². The Morgan fingerprint density at radius 3 is 2.69 bits per heavy atom. The molecule has 1 aliphatic rings. The van der Waals surface area contributed by atoms with Gasteiger partial charge in [0.15, 0.2) is 11.6 Å².